The van der Waals surface area contributed by atoms with Crippen LogP contribution in [0.15, 0.2) is 17.5 Å². The summed E-state index contributed by atoms with van der Waals surface area (Å²) in [5.74, 6) is 0. The first-order valence-electron chi connectivity index (χ1n) is 7.34. The monoisotopic (exact) mass is 266 g/mol. The molecule has 0 spiro atoms. The second kappa shape index (κ2) is 7.27. The molecule has 0 bridgehead atoms. The Morgan fingerprint density at radius 3 is 2.83 bits per heavy atom. The minimum atomic E-state index is 0.713. The Hall–Kier alpha value is -0.380. The summed E-state index contributed by atoms with van der Waals surface area (Å²) in [6, 6.07) is 6.01. The van der Waals surface area contributed by atoms with Crippen molar-refractivity contribution in [3.63, 3.8) is 0 Å². The van der Waals surface area contributed by atoms with Crippen molar-refractivity contribution in [2.45, 2.75) is 58.2 Å². The van der Waals surface area contributed by atoms with Crippen molar-refractivity contribution >= 4 is 11.3 Å². The largest absolute Gasteiger partial charge is 0.315 e. The summed E-state index contributed by atoms with van der Waals surface area (Å²) in [5.41, 5.74) is 0. The van der Waals surface area contributed by atoms with Crippen LogP contribution in [0.2, 0.25) is 0 Å². The number of likely N-dealkylation sites (N-methyl/N-ethyl adjacent to an activating group) is 1. The van der Waals surface area contributed by atoms with Crippen LogP contribution in [0.5, 0.6) is 0 Å². The Morgan fingerprint density at radius 1 is 1.44 bits per heavy atom. The molecule has 2 nitrogen and oxygen atoms in total. The predicted molar refractivity (Wildman–Crippen MR) is 80.1 cm³/mol. The molecule has 0 amide bonds. The van der Waals surface area contributed by atoms with E-state index in [0.29, 0.717) is 6.04 Å². The van der Waals surface area contributed by atoms with Crippen LogP contribution >= 0.6 is 11.3 Å². The van der Waals surface area contributed by atoms with E-state index in [9.17, 15) is 0 Å². The smallest absolute Gasteiger partial charge is 0.0334 e. The highest BCUT2D eigenvalue weighted by Crippen LogP contribution is 2.32. The molecule has 3 heteroatoms. The van der Waals surface area contributed by atoms with Gasteiger partial charge in [0.1, 0.15) is 0 Å². The Morgan fingerprint density at radius 2 is 2.28 bits per heavy atom. The maximum Gasteiger partial charge on any atom is 0.0334 e. The lowest BCUT2D eigenvalue weighted by Gasteiger charge is -2.31. The highest BCUT2D eigenvalue weighted by Gasteiger charge is 2.33. The summed E-state index contributed by atoms with van der Waals surface area (Å²) >= 11 is 1.89. The van der Waals surface area contributed by atoms with Crippen LogP contribution in [0.3, 0.4) is 0 Å². The summed E-state index contributed by atoms with van der Waals surface area (Å²) in [5, 5.41) is 5.73. The summed E-state index contributed by atoms with van der Waals surface area (Å²) in [7, 11) is 0. The molecule has 1 aliphatic carbocycles. The third-order valence-corrected chi connectivity index (χ3v) is 4.52. The Labute approximate surface area is 115 Å². The standard InChI is InChI=1S/C15H26N2S/c1-3-6-14(11-16-4-2)17(13-8-9-13)12-15-7-5-10-18-15/h5,7,10,13-14,16H,3-4,6,8-9,11-12H2,1-2H3. The third-order valence-electron chi connectivity index (χ3n) is 3.66. The molecule has 0 saturated heterocycles. The number of nitrogens with zero attached hydrogens (tertiary/aromatic N) is 1. The average Bonchev–Trinajstić information content (AvgIpc) is 3.09. The Bertz CT molecular complexity index is 319. The van der Waals surface area contributed by atoms with Crippen molar-refractivity contribution in [1.82, 2.24) is 10.2 Å². The molecule has 18 heavy (non-hydrogen) atoms. The zero-order valence-corrected chi connectivity index (χ0v) is 12.5. The van der Waals surface area contributed by atoms with Gasteiger partial charge in [-0.2, -0.15) is 0 Å². The topological polar surface area (TPSA) is 15.3 Å². The van der Waals surface area contributed by atoms with Crippen molar-refractivity contribution in [1.29, 1.82) is 0 Å². The van der Waals surface area contributed by atoms with Gasteiger partial charge in [-0.1, -0.05) is 26.3 Å². The first kappa shape index (κ1) is 14.0. The van der Waals surface area contributed by atoms with Gasteiger partial charge in [0.2, 0.25) is 0 Å². The van der Waals surface area contributed by atoms with Gasteiger partial charge in [0.05, 0.1) is 0 Å². The zero-order valence-electron chi connectivity index (χ0n) is 11.7. The highest BCUT2D eigenvalue weighted by molar-refractivity contribution is 7.09. The van der Waals surface area contributed by atoms with Gasteiger partial charge in [0.25, 0.3) is 0 Å². The number of thiophene rings is 1. The van der Waals surface area contributed by atoms with Crippen molar-refractivity contribution in [3.05, 3.63) is 22.4 Å². The molecule has 1 N–H and O–H groups in total. The normalized spacial score (nSPS) is 17.3. The maximum absolute atomic E-state index is 3.54. The van der Waals surface area contributed by atoms with Crippen LogP contribution in [0.4, 0.5) is 0 Å². The van der Waals surface area contributed by atoms with Crippen LogP contribution in [0.25, 0.3) is 0 Å². The molecular weight excluding hydrogens is 240 g/mol. The van der Waals surface area contributed by atoms with Crippen molar-refractivity contribution in [3.8, 4) is 0 Å². The van der Waals surface area contributed by atoms with Gasteiger partial charge < -0.3 is 5.32 Å². The molecule has 0 aliphatic heterocycles. The predicted octanol–water partition coefficient (Wildman–Crippen LogP) is 3.49. The van der Waals surface area contributed by atoms with Crippen LogP contribution in [0.1, 0.15) is 44.4 Å². The van der Waals surface area contributed by atoms with Gasteiger partial charge in [-0.25, -0.2) is 0 Å². The summed E-state index contributed by atoms with van der Waals surface area (Å²) < 4.78 is 0. The van der Waals surface area contributed by atoms with E-state index < -0.39 is 0 Å². The van der Waals surface area contributed by atoms with Gasteiger partial charge in [-0.15, -0.1) is 11.3 Å². The molecule has 1 aromatic rings. The molecule has 1 atom stereocenters. The van der Waals surface area contributed by atoms with Gasteiger partial charge >= 0.3 is 0 Å². The van der Waals surface area contributed by atoms with Gasteiger partial charge in [-0.3, -0.25) is 4.90 Å². The second-order valence-corrected chi connectivity index (χ2v) is 6.27. The van der Waals surface area contributed by atoms with E-state index in [1.165, 1.54) is 30.6 Å². The van der Waals surface area contributed by atoms with E-state index in [0.717, 1.165) is 25.7 Å². The molecule has 1 heterocycles. The lowest BCUT2D eigenvalue weighted by Crippen LogP contribution is -2.43. The van der Waals surface area contributed by atoms with E-state index in [1.54, 1.807) is 0 Å². The Balaban J connectivity index is 1.96. The first-order valence-corrected chi connectivity index (χ1v) is 8.22. The molecule has 0 radical (unpaired) electrons. The van der Waals surface area contributed by atoms with Crippen LogP contribution in [-0.2, 0) is 6.54 Å². The molecule has 1 aliphatic rings. The fraction of sp³-hybridized carbons (Fsp3) is 0.733. The fourth-order valence-corrected chi connectivity index (χ4v) is 3.29. The molecular formula is C15H26N2S. The van der Waals surface area contributed by atoms with E-state index >= 15 is 0 Å². The number of nitrogens with one attached hydrogen (secondary N) is 1. The van der Waals surface area contributed by atoms with Crippen molar-refractivity contribution in [2.24, 2.45) is 0 Å². The minimum absolute atomic E-state index is 0.713. The van der Waals surface area contributed by atoms with Gasteiger partial charge in [0.15, 0.2) is 0 Å². The van der Waals surface area contributed by atoms with E-state index in [4.69, 9.17) is 0 Å². The minimum Gasteiger partial charge on any atom is -0.315 e. The third kappa shape index (κ3) is 4.08. The van der Waals surface area contributed by atoms with E-state index in [2.05, 4.69) is 41.6 Å². The molecule has 1 unspecified atom stereocenters. The quantitative estimate of drug-likeness (QED) is 0.736. The number of hydrogen-bond acceptors (Lipinski definition) is 3. The van der Waals surface area contributed by atoms with Crippen LogP contribution in [-0.4, -0.2) is 30.1 Å². The molecule has 1 saturated carbocycles. The van der Waals surface area contributed by atoms with Crippen LogP contribution < -0.4 is 5.32 Å². The van der Waals surface area contributed by atoms with Gasteiger partial charge in [-0.05, 0) is 37.3 Å². The molecule has 2 rings (SSSR count). The van der Waals surface area contributed by atoms with E-state index in [-0.39, 0.29) is 0 Å². The van der Waals surface area contributed by atoms with Gasteiger partial charge in [0, 0.05) is 30.1 Å². The maximum atomic E-state index is 3.54. The van der Waals surface area contributed by atoms with E-state index in [1.807, 2.05) is 11.3 Å². The molecule has 1 aromatic heterocycles. The summed E-state index contributed by atoms with van der Waals surface area (Å²) in [4.78, 5) is 4.26. The molecule has 1 fully saturated rings. The molecule has 102 valence electrons. The fourth-order valence-electron chi connectivity index (χ4n) is 2.57. The lowest BCUT2D eigenvalue weighted by atomic mass is 10.1. The second-order valence-electron chi connectivity index (χ2n) is 5.23. The number of hydrogen-bond donors (Lipinski definition) is 1. The van der Waals surface area contributed by atoms with Crippen molar-refractivity contribution < 1.29 is 0 Å². The summed E-state index contributed by atoms with van der Waals surface area (Å²) in [6.07, 6.45) is 5.40. The first-order chi connectivity index (χ1) is 8.85. The number of rotatable bonds is 9. The van der Waals surface area contributed by atoms with Crippen LogP contribution in [0, 0.1) is 0 Å². The lowest BCUT2D eigenvalue weighted by molar-refractivity contribution is 0.165. The molecule has 0 aromatic carbocycles. The Kier molecular flexibility index (Phi) is 5.67. The SMILES string of the molecule is CCCC(CNCC)N(Cc1cccs1)C1CC1. The highest BCUT2D eigenvalue weighted by atomic mass is 32.1. The zero-order chi connectivity index (χ0) is 12.8. The summed E-state index contributed by atoms with van der Waals surface area (Å²) in [6.45, 7) is 7.88. The average molecular weight is 266 g/mol. The van der Waals surface area contributed by atoms with Crippen molar-refractivity contribution in [2.75, 3.05) is 13.1 Å².